The monoisotopic (exact) mass is 447 g/mol. The lowest BCUT2D eigenvalue weighted by Crippen LogP contribution is -2.64. The van der Waals surface area contributed by atoms with Gasteiger partial charge in [0.1, 0.15) is 12.9 Å². The van der Waals surface area contributed by atoms with Crippen molar-refractivity contribution in [2.24, 2.45) is 5.92 Å². The molecule has 0 saturated carbocycles. The fraction of sp³-hybridized carbons (Fsp3) is 0.269. The zero-order chi connectivity index (χ0) is 22.0. The van der Waals surface area contributed by atoms with Crippen molar-refractivity contribution in [3.63, 3.8) is 0 Å². The Kier molecular flexibility index (Phi) is 6.02. The molecule has 0 radical (unpaired) electrons. The molecule has 0 aliphatic carbocycles. The first-order chi connectivity index (χ1) is 15.7. The van der Waals surface area contributed by atoms with Gasteiger partial charge in [-0.15, -0.1) is 11.8 Å². The number of nitrogens with one attached hydrogen (secondary N) is 1. The van der Waals surface area contributed by atoms with Crippen LogP contribution in [0.25, 0.3) is 0 Å². The van der Waals surface area contributed by atoms with Gasteiger partial charge in [-0.1, -0.05) is 91.0 Å². The van der Waals surface area contributed by atoms with Crippen LogP contribution in [0, 0.1) is 5.92 Å². The lowest BCUT2D eigenvalue weighted by atomic mass is 9.84. The minimum Gasteiger partial charge on any atom is -0.389 e. The Hall–Kier alpha value is -2.64. The first kappa shape index (κ1) is 21.2. The lowest BCUT2D eigenvalue weighted by Gasteiger charge is -2.46. The normalized spacial score (nSPS) is 23.9. The Morgan fingerprint density at radius 3 is 1.78 bits per heavy atom. The quantitative estimate of drug-likeness (QED) is 0.429. The summed E-state index contributed by atoms with van der Waals surface area (Å²) in [5.74, 6) is -0.740. The van der Waals surface area contributed by atoms with Crippen molar-refractivity contribution < 1.29 is 19.4 Å². The van der Waals surface area contributed by atoms with Crippen LogP contribution < -0.4 is 5.32 Å². The van der Waals surface area contributed by atoms with E-state index in [9.17, 15) is 9.90 Å². The summed E-state index contributed by atoms with van der Waals surface area (Å²) in [5.41, 5.74) is 3.33. The number of hydrogen-bond donors (Lipinski definition) is 2. The van der Waals surface area contributed by atoms with E-state index >= 15 is 0 Å². The van der Waals surface area contributed by atoms with Crippen molar-refractivity contribution in [3.8, 4) is 0 Å². The van der Waals surface area contributed by atoms with Crippen LogP contribution in [0.1, 0.15) is 16.7 Å². The van der Waals surface area contributed by atoms with Crippen LogP contribution in [0.15, 0.2) is 91.0 Å². The van der Waals surface area contributed by atoms with Crippen LogP contribution in [-0.4, -0.2) is 42.0 Å². The molecule has 2 N–H and O–H groups in total. The minimum atomic E-state index is -0.927. The maximum atomic E-state index is 12.6. The summed E-state index contributed by atoms with van der Waals surface area (Å²) in [6.07, 6.45) is -1.42. The van der Waals surface area contributed by atoms with Crippen molar-refractivity contribution in [1.82, 2.24) is 5.32 Å². The first-order valence-corrected chi connectivity index (χ1v) is 11.6. The number of carbonyl (C=O) groups excluding carboxylic acids is 1. The Morgan fingerprint density at radius 1 is 0.875 bits per heavy atom. The minimum absolute atomic E-state index is 0.149. The summed E-state index contributed by atoms with van der Waals surface area (Å²) in [4.78, 5) is 12.6. The van der Waals surface area contributed by atoms with E-state index in [2.05, 4.69) is 41.7 Å². The molecule has 2 saturated heterocycles. The van der Waals surface area contributed by atoms with E-state index in [4.69, 9.17) is 9.47 Å². The van der Waals surface area contributed by atoms with Gasteiger partial charge in [0, 0.05) is 0 Å². The standard InChI is InChI=1S/C26H25NO4S/c28-23(21-16-30-17-31-21)22-24(29)27-25(22)32-26(18-10-4-1-5-11-18,19-12-6-2-7-13-19)20-14-8-3-9-15-20/h1-15,21-23,25,28H,16-17H2,(H,27,29)/t21?,22-,23?,25+/m0/s1. The molecule has 2 aliphatic rings. The average molecular weight is 448 g/mol. The number of thioether (sulfide) groups is 1. The fourth-order valence-electron chi connectivity index (χ4n) is 4.49. The number of β-lactam (4-membered cyclic amide) rings is 1. The van der Waals surface area contributed by atoms with Crippen LogP contribution in [0.4, 0.5) is 0 Å². The highest BCUT2D eigenvalue weighted by molar-refractivity contribution is 8.01. The summed E-state index contributed by atoms with van der Waals surface area (Å²) in [5, 5.41) is 13.7. The maximum absolute atomic E-state index is 12.6. The molecule has 0 bridgehead atoms. The summed E-state index contributed by atoms with van der Waals surface area (Å²) >= 11 is 1.65. The van der Waals surface area contributed by atoms with Gasteiger partial charge in [-0.3, -0.25) is 4.79 Å². The van der Waals surface area contributed by atoms with Gasteiger partial charge in [0.2, 0.25) is 5.91 Å². The topological polar surface area (TPSA) is 67.8 Å². The van der Waals surface area contributed by atoms with Crippen LogP contribution in [0.5, 0.6) is 0 Å². The van der Waals surface area contributed by atoms with E-state index in [0.29, 0.717) is 6.61 Å². The summed E-state index contributed by atoms with van der Waals surface area (Å²) in [6.45, 7) is 0.444. The molecule has 164 valence electrons. The number of aliphatic hydroxyl groups is 1. The summed E-state index contributed by atoms with van der Waals surface area (Å²) < 4.78 is 10.2. The number of benzene rings is 3. The largest absolute Gasteiger partial charge is 0.389 e. The average Bonchev–Trinajstić information content (AvgIpc) is 3.39. The Bertz CT molecular complexity index is 945. The Labute approximate surface area is 191 Å². The van der Waals surface area contributed by atoms with Crippen molar-refractivity contribution in [2.75, 3.05) is 13.4 Å². The highest BCUT2D eigenvalue weighted by Gasteiger charge is 2.52. The molecule has 32 heavy (non-hydrogen) atoms. The van der Waals surface area contributed by atoms with Crippen molar-refractivity contribution in [1.29, 1.82) is 0 Å². The lowest BCUT2D eigenvalue weighted by molar-refractivity contribution is -0.142. The van der Waals surface area contributed by atoms with Gasteiger partial charge in [-0.2, -0.15) is 0 Å². The van der Waals surface area contributed by atoms with Gasteiger partial charge < -0.3 is 19.9 Å². The zero-order valence-corrected chi connectivity index (χ0v) is 18.3. The van der Waals surface area contributed by atoms with Gasteiger partial charge >= 0.3 is 0 Å². The second kappa shape index (κ2) is 9.08. The van der Waals surface area contributed by atoms with Gasteiger partial charge in [-0.05, 0) is 16.7 Å². The SMILES string of the molecule is O=C1N[C@H](SC(c2ccccc2)(c2ccccc2)c2ccccc2)[C@H]1C(O)C1COCO1. The van der Waals surface area contributed by atoms with Gasteiger partial charge in [0.25, 0.3) is 0 Å². The molecule has 3 aromatic rings. The number of amides is 1. The van der Waals surface area contributed by atoms with Crippen LogP contribution in [0.2, 0.25) is 0 Å². The Morgan fingerprint density at radius 2 is 1.38 bits per heavy atom. The van der Waals surface area contributed by atoms with E-state index in [-0.39, 0.29) is 18.1 Å². The third kappa shape index (κ3) is 3.73. The molecule has 0 spiro atoms. The fourth-order valence-corrected chi connectivity index (χ4v) is 6.30. The van der Waals surface area contributed by atoms with Crippen LogP contribution in [0.3, 0.4) is 0 Å². The molecule has 2 aliphatic heterocycles. The molecule has 5 nitrogen and oxygen atoms in total. The molecular weight excluding hydrogens is 422 g/mol. The van der Waals surface area contributed by atoms with E-state index < -0.39 is 22.9 Å². The second-order valence-corrected chi connectivity index (χ2v) is 9.39. The number of carbonyl (C=O) groups is 1. The molecule has 1 amide bonds. The van der Waals surface area contributed by atoms with Crippen LogP contribution in [-0.2, 0) is 19.0 Å². The molecule has 2 unspecified atom stereocenters. The summed E-state index contributed by atoms with van der Waals surface area (Å²) in [6, 6.07) is 30.9. The molecular formula is C26H25NO4S. The van der Waals surface area contributed by atoms with E-state index in [1.54, 1.807) is 11.8 Å². The number of ether oxygens (including phenoxy) is 2. The van der Waals surface area contributed by atoms with Crippen molar-refractivity contribution >= 4 is 17.7 Å². The molecule has 5 rings (SSSR count). The van der Waals surface area contributed by atoms with Gasteiger partial charge in [0.05, 0.1) is 28.7 Å². The van der Waals surface area contributed by atoms with E-state index in [1.165, 1.54) is 0 Å². The molecule has 2 heterocycles. The van der Waals surface area contributed by atoms with Crippen molar-refractivity contribution in [3.05, 3.63) is 108 Å². The smallest absolute Gasteiger partial charge is 0.229 e. The highest BCUT2D eigenvalue weighted by Crippen LogP contribution is 2.52. The zero-order valence-electron chi connectivity index (χ0n) is 17.5. The molecule has 6 heteroatoms. The molecule has 4 atom stereocenters. The van der Waals surface area contributed by atoms with Crippen molar-refractivity contribution in [2.45, 2.75) is 22.3 Å². The summed E-state index contributed by atoms with van der Waals surface area (Å²) in [7, 11) is 0. The third-order valence-electron chi connectivity index (χ3n) is 6.15. The van der Waals surface area contributed by atoms with Gasteiger partial charge in [-0.25, -0.2) is 0 Å². The van der Waals surface area contributed by atoms with Crippen LogP contribution >= 0.6 is 11.8 Å². The number of hydrogen-bond acceptors (Lipinski definition) is 5. The first-order valence-electron chi connectivity index (χ1n) is 10.7. The Balaban J connectivity index is 1.59. The highest BCUT2D eigenvalue weighted by atomic mass is 32.2. The number of rotatable bonds is 7. The van der Waals surface area contributed by atoms with Gasteiger partial charge in [0.15, 0.2) is 0 Å². The number of aliphatic hydroxyl groups excluding tert-OH is 1. The van der Waals surface area contributed by atoms with E-state index in [0.717, 1.165) is 16.7 Å². The second-order valence-electron chi connectivity index (χ2n) is 8.04. The molecule has 3 aromatic carbocycles. The molecule has 0 aromatic heterocycles. The predicted octanol–water partition coefficient (Wildman–Crippen LogP) is 3.52. The molecule has 2 fully saturated rings. The maximum Gasteiger partial charge on any atom is 0.229 e. The third-order valence-corrected chi connectivity index (χ3v) is 7.88. The van der Waals surface area contributed by atoms with E-state index in [1.807, 2.05) is 54.6 Å². The predicted molar refractivity (Wildman–Crippen MR) is 124 cm³/mol.